The number of anilines is 1. The zero-order valence-corrected chi connectivity index (χ0v) is 18.6. The molecule has 3 fully saturated rings. The number of hydrogen-bond donors (Lipinski definition) is 0. The van der Waals surface area contributed by atoms with Crippen molar-refractivity contribution in [2.75, 3.05) is 37.6 Å². The number of nitrogens with zero attached hydrogens (tertiary/aromatic N) is 3. The number of likely N-dealkylation sites (tertiary alicyclic amines) is 1. The van der Waals surface area contributed by atoms with Crippen molar-refractivity contribution >= 4 is 17.8 Å². The molecule has 3 amide bonds. The molecule has 0 atom stereocenters. The van der Waals surface area contributed by atoms with Gasteiger partial charge in [-0.2, -0.15) is 0 Å². The van der Waals surface area contributed by atoms with E-state index in [0.717, 1.165) is 44.6 Å². The van der Waals surface area contributed by atoms with E-state index in [9.17, 15) is 9.59 Å². The van der Waals surface area contributed by atoms with Gasteiger partial charge in [-0.05, 0) is 82.4 Å². The Balaban J connectivity index is 1.31. The number of hydrogen-bond acceptors (Lipinski definition) is 3. The number of benzene rings is 1. The van der Waals surface area contributed by atoms with E-state index in [4.69, 9.17) is 4.74 Å². The molecule has 2 aliphatic heterocycles. The maximum absolute atomic E-state index is 13.2. The Morgan fingerprint density at radius 2 is 1.80 bits per heavy atom. The molecule has 164 valence electrons. The minimum atomic E-state index is -0.464. The third kappa shape index (κ3) is 5.08. The van der Waals surface area contributed by atoms with E-state index < -0.39 is 5.60 Å². The Hall–Kier alpha value is -2.24. The summed E-state index contributed by atoms with van der Waals surface area (Å²) in [6.45, 7) is 9.48. The molecular formula is C24H35N3O3. The summed E-state index contributed by atoms with van der Waals surface area (Å²) in [4.78, 5) is 31.2. The van der Waals surface area contributed by atoms with Crippen LogP contribution < -0.4 is 4.90 Å². The molecule has 0 unspecified atom stereocenters. The first-order valence-corrected chi connectivity index (χ1v) is 11.4. The molecule has 0 bridgehead atoms. The quantitative estimate of drug-likeness (QED) is 0.709. The second-order valence-electron chi connectivity index (χ2n) is 10.0. The van der Waals surface area contributed by atoms with Crippen LogP contribution in [0, 0.1) is 5.92 Å². The molecule has 1 aromatic carbocycles. The zero-order chi connectivity index (χ0) is 21.3. The molecule has 0 N–H and O–H groups in total. The number of rotatable bonds is 4. The van der Waals surface area contributed by atoms with Crippen molar-refractivity contribution in [3.8, 4) is 0 Å². The lowest BCUT2D eigenvalue weighted by molar-refractivity contribution is 0.0173. The van der Waals surface area contributed by atoms with Gasteiger partial charge in [0.15, 0.2) is 0 Å². The molecule has 1 aliphatic carbocycles. The third-order valence-corrected chi connectivity index (χ3v) is 6.29. The number of amides is 3. The number of piperidine rings is 1. The number of carbonyl (C=O) groups is 2. The Morgan fingerprint density at radius 1 is 1.07 bits per heavy atom. The minimum absolute atomic E-state index is 0.128. The molecule has 3 aliphatic rings. The summed E-state index contributed by atoms with van der Waals surface area (Å²) in [5.74, 6) is 1.13. The van der Waals surface area contributed by atoms with E-state index in [2.05, 4.69) is 24.3 Å². The van der Waals surface area contributed by atoms with Crippen LogP contribution in [0.5, 0.6) is 0 Å². The van der Waals surface area contributed by atoms with Gasteiger partial charge >= 0.3 is 12.1 Å². The molecule has 30 heavy (non-hydrogen) atoms. The second-order valence-corrected chi connectivity index (χ2v) is 10.0. The molecule has 2 saturated heterocycles. The summed E-state index contributed by atoms with van der Waals surface area (Å²) in [6, 6.07) is 8.67. The molecule has 6 nitrogen and oxygen atoms in total. The van der Waals surface area contributed by atoms with E-state index in [-0.39, 0.29) is 12.1 Å². The van der Waals surface area contributed by atoms with Crippen molar-refractivity contribution < 1.29 is 14.3 Å². The molecule has 0 aromatic heterocycles. The van der Waals surface area contributed by atoms with E-state index in [1.807, 2.05) is 30.6 Å². The summed E-state index contributed by atoms with van der Waals surface area (Å²) in [6.07, 6.45) is 5.14. The minimum Gasteiger partial charge on any atom is -0.444 e. The lowest BCUT2D eigenvalue weighted by Gasteiger charge is -2.39. The topological polar surface area (TPSA) is 53.1 Å². The summed E-state index contributed by atoms with van der Waals surface area (Å²) in [5, 5.41) is 0. The predicted molar refractivity (Wildman–Crippen MR) is 118 cm³/mol. The van der Waals surface area contributed by atoms with Crippen LogP contribution in [-0.4, -0.2) is 60.2 Å². The van der Waals surface area contributed by atoms with Gasteiger partial charge in [0.1, 0.15) is 5.60 Å². The van der Waals surface area contributed by atoms with Crippen molar-refractivity contribution in [2.45, 2.75) is 64.4 Å². The number of urea groups is 1. The monoisotopic (exact) mass is 413 g/mol. The highest BCUT2D eigenvalue weighted by Crippen LogP contribution is 2.41. The van der Waals surface area contributed by atoms with Crippen molar-refractivity contribution in [3.63, 3.8) is 0 Å². The number of carbonyl (C=O) groups excluding carboxylic acids is 2. The van der Waals surface area contributed by atoms with Gasteiger partial charge in [0.25, 0.3) is 0 Å². The highest BCUT2D eigenvalue weighted by Gasteiger charge is 2.32. The maximum Gasteiger partial charge on any atom is 0.410 e. The fourth-order valence-electron chi connectivity index (χ4n) is 4.49. The van der Waals surface area contributed by atoms with E-state index in [1.54, 1.807) is 4.90 Å². The van der Waals surface area contributed by atoms with Gasteiger partial charge in [-0.3, -0.25) is 4.90 Å². The molecular weight excluding hydrogens is 378 g/mol. The van der Waals surface area contributed by atoms with Gasteiger partial charge in [0, 0.05) is 38.4 Å². The van der Waals surface area contributed by atoms with Gasteiger partial charge in [-0.15, -0.1) is 0 Å². The Bertz CT molecular complexity index is 776. The first kappa shape index (κ1) is 21.0. The van der Waals surface area contributed by atoms with Crippen LogP contribution in [0.1, 0.15) is 64.4 Å². The van der Waals surface area contributed by atoms with Gasteiger partial charge < -0.3 is 14.5 Å². The molecule has 1 aromatic rings. The fourth-order valence-corrected chi connectivity index (χ4v) is 4.49. The molecule has 1 saturated carbocycles. The Morgan fingerprint density at radius 3 is 2.47 bits per heavy atom. The summed E-state index contributed by atoms with van der Waals surface area (Å²) < 4.78 is 5.49. The number of ether oxygens (including phenoxy) is 1. The molecule has 6 heteroatoms. The van der Waals surface area contributed by atoms with Crippen molar-refractivity contribution in [1.29, 1.82) is 0 Å². The van der Waals surface area contributed by atoms with Crippen LogP contribution in [0.25, 0.3) is 0 Å². The highest BCUT2D eigenvalue weighted by atomic mass is 16.6. The van der Waals surface area contributed by atoms with Crippen molar-refractivity contribution in [3.05, 3.63) is 29.8 Å². The maximum atomic E-state index is 13.2. The van der Waals surface area contributed by atoms with Gasteiger partial charge in [0.05, 0.1) is 0 Å². The van der Waals surface area contributed by atoms with Gasteiger partial charge in [-0.25, -0.2) is 9.59 Å². The SMILES string of the molecule is CC(C)(C)OC(=O)N1CCC(CN2CCCN(c3cccc(C4CC4)c3)C2=O)CC1. The first-order valence-electron chi connectivity index (χ1n) is 11.4. The fraction of sp³-hybridized carbons (Fsp3) is 0.667. The molecule has 4 rings (SSSR count). The molecule has 2 heterocycles. The average molecular weight is 414 g/mol. The molecule has 0 spiro atoms. The van der Waals surface area contributed by atoms with Crippen LogP contribution in [0.4, 0.5) is 15.3 Å². The third-order valence-electron chi connectivity index (χ3n) is 6.29. The second kappa shape index (κ2) is 8.48. The van der Waals surface area contributed by atoms with Crippen LogP contribution in [-0.2, 0) is 4.74 Å². The zero-order valence-electron chi connectivity index (χ0n) is 18.6. The molecule has 0 radical (unpaired) electrons. The van der Waals surface area contributed by atoms with Crippen molar-refractivity contribution in [1.82, 2.24) is 9.80 Å². The smallest absolute Gasteiger partial charge is 0.410 e. The normalized spacial score (nSPS) is 21.2. The summed E-state index contributed by atoms with van der Waals surface area (Å²) >= 11 is 0. The van der Waals surface area contributed by atoms with E-state index in [0.29, 0.717) is 24.9 Å². The average Bonchev–Trinajstić information content (AvgIpc) is 3.54. The summed E-state index contributed by atoms with van der Waals surface area (Å²) in [5.41, 5.74) is 1.94. The highest BCUT2D eigenvalue weighted by molar-refractivity contribution is 5.92. The standard InChI is InChI=1S/C24H35N3O3/c1-24(2,3)30-23(29)25-14-10-18(11-15-25)17-26-12-5-13-27(22(26)28)21-7-4-6-20(16-21)19-8-9-19/h4,6-7,16,18-19H,5,8-15,17H2,1-3H3. The van der Waals surface area contributed by atoms with Crippen molar-refractivity contribution in [2.24, 2.45) is 5.92 Å². The lowest BCUT2D eigenvalue weighted by atomic mass is 9.96. The van der Waals surface area contributed by atoms with E-state index >= 15 is 0 Å². The van der Waals surface area contributed by atoms with Crippen LogP contribution >= 0.6 is 0 Å². The Kier molecular flexibility index (Phi) is 5.94. The predicted octanol–water partition coefficient (Wildman–Crippen LogP) is 4.84. The van der Waals surface area contributed by atoms with Crippen LogP contribution in [0.2, 0.25) is 0 Å². The first-order chi connectivity index (χ1) is 14.3. The summed E-state index contributed by atoms with van der Waals surface area (Å²) in [7, 11) is 0. The van der Waals surface area contributed by atoms with Gasteiger partial charge in [-0.1, -0.05) is 12.1 Å². The largest absolute Gasteiger partial charge is 0.444 e. The van der Waals surface area contributed by atoms with E-state index in [1.165, 1.54) is 18.4 Å². The Labute approximate surface area is 180 Å². The van der Waals surface area contributed by atoms with Gasteiger partial charge in [0.2, 0.25) is 0 Å². The lowest BCUT2D eigenvalue weighted by Crippen LogP contribution is -2.52. The van der Waals surface area contributed by atoms with Crippen LogP contribution in [0.15, 0.2) is 24.3 Å². The van der Waals surface area contributed by atoms with Crippen LogP contribution in [0.3, 0.4) is 0 Å².